The van der Waals surface area contributed by atoms with Gasteiger partial charge in [-0.1, -0.05) is 24.6 Å². The Hall–Kier alpha value is -1.59. The summed E-state index contributed by atoms with van der Waals surface area (Å²) in [6, 6.07) is 7.08. The largest absolute Gasteiger partial charge is 0.508 e. The molecule has 25 heavy (non-hydrogen) atoms. The van der Waals surface area contributed by atoms with Gasteiger partial charge in [0.1, 0.15) is 5.75 Å². The van der Waals surface area contributed by atoms with E-state index >= 15 is 0 Å². The molecule has 0 radical (unpaired) electrons. The first-order chi connectivity index (χ1) is 12.1. The van der Waals surface area contributed by atoms with Crippen LogP contribution >= 0.6 is 0 Å². The van der Waals surface area contributed by atoms with E-state index in [1.165, 1.54) is 19.3 Å². The van der Waals surface area contributed by atoms with Gasteiger partial charge >= 0.3 is 0 Å². The number of hydrogen-bond acceptors (Lipinski definition) is 4. The van der Waals surface area contributed by atoms with Crippen LogP contribution in [0.2, 0.25) is 0 Å². The number of phenolic OH excluding ortho intramolecular Hbond substituents is 1. The third-order valence-corrected chi connectivity index (χ3v) is 5.90. The lowest BCUT2D eigenvalue weighted by molar-refractivity contribution is -0.121. The lowest BCUT2D eigenvalue weighted by Gasteiger charge is -2.50. The van der Waals surface area contributed by atoms with Gasteiger partial charge < -0.3 is 15.3 Å². The normalized spacial score (nSPS) is 21.8. The van der Waals surface area contributed by atoms with Crippen molar-refractivity contribution in [2.45, 2.75) is 44.1 Å². The number of rotatable bonds is 5. The molecular weight excluding hydrogens is 314 g/mol. The predicted octanol–water partition coefficient (Wildman–Crippen LogP) is 2.00. The number of carbonyl (C=O) groups excluding carboxylic acids is 1. The van der Waals surface area contributed by atoms with E-state index in [2.05, 4.69) is 22.2 Å². The molecule has 2 N–H and O–H groups in total. The van der Waals surface area contributed by atoms with E-state index in [0.717, 1.165) is 39.0 Å². The van der Waals surface area contributed by atoms with Gasteiger partial charge in [-0.25, -0.2) is 0 Å². The number of amides is 1. The van der Waals surface area contributed by atoms with Crippen LogP contribution in [-0.4, -0.2) is 66.1 Å². The Bertz CT molecular complexity index is 576. The molecule has 1 aromatic rings. The molecular formula is C20H31N3O2. The number of para-hydroxylation sites is 1. The molecule has 2 aliphatic rings. The molecule has 2 heterocycles. The first kappa shape index (κ1) is 18.2. The predicted molar refractivity (Wildman–Crippen MR) is 99.7 cm³/mol. The zero-order valence-electron chi connectivity index (χ0n) is 15.3. The van der Waals surface area contributed by atoms with E-state index in [-0.39, 0.29) is 23.6 Å². The monoisotopic (exact) mass is 345 g/mol. The van der Waals surface area contributed by atoms with Crippen molar-refractivity contribution in [1.82, 2.24) is 15.1 Å². The highest BCUT2D eigenvalue weighted by atomic mass is 16.3. The molecule has 1 aromatic carbocycles. The number of carbonyl (C=O) groups is 1. The molecule has 0 bridgehead atoms. The summed E-state index contributed by atoms with van der Waals surface area (Å²) in [5.74, 6) is 0.194. The number of piperidine rings is 2. The highest BCUT2D eigenvalue weighted by molar-refractivity contribution is 5.79. The van der Waals surface area contributed by atoms with Crippen LogP contribution in [0.25, 0.3) is 0 Å². The zero-order chi connectivity index (χ0) is 17.7. The van der Waals surface area contributed by atoms with Crippen molar-refractivity contribution in [2.24, 2.45) is 0 Å². The topological polar surface area (TPSA) is 55.8 Å². The van der Waals surface area contributed by atoms with Gasteiger partial charge in [0.05, 0.1) is 6.42 Å². The van der Waals surface area contributed by atoms with Gasteiger partial charge in [-0.15, -0.1) is 0 Å². The molecule has 5 nitrogen and oxygen atoms in total. The van der Waals surface area contributed by atoms with Crippen molar-refractivity contribution in [3.63, 3.8) is 0 Å². The minimum absolute atomic E-state index is 0.00295. The summed E-state index contributed by atoms with van der Waals surface area (Å²) in [4.78, 5) is 17.5. The minimum atomic E-state index is -0.00295. The van der Waals surface area contributed by atoms with Gasteiger partial charge in [0.15, 0.2) is 0 Å². The van der Waals surface area contributed by atoms with Gasteiger partial charge in [0, 0.05) is 17.6 Å². The summed E-state index contributed by atoms with van der Waals surface area (Å²) in [5, 5.41) is 13.0. The Kier molecular flexibility index (Phi) is 5.97. The van der Waals surface area contributed by atoms with E-state index < -0.39 is 0 Å². The molecule has 0 saturated carbocycles. The molecule has 3 rings (SSSR count). The summed E-state index contributed by atoms with van der Waals surface area (Å²) in [6.45, 7) is 5.20. The van der Waals surface area contributed by atoms with Crippen molar-refractivity contribution in [1.29, 1.82) is 0 Å². The van der Waals surface area contributed by atoms with Crippen molar-refractivity contribution >= 4 is 5.91 Å². The number of benzene rings is 1. The van der Waals surface area contributed by atoms with E-state index in [9.17, 15) is 9.90 Å². The fourth-order valence-electron chi connectivity index (χ4n) is 4.17. The van der Waals surface area contributed by atoms with Crippen LogP contribution in [0.15, 0.2) is 24.3 Å². The van der Waals surface area contributed by atoms with Crippen molar-refractivity contribution in [3.05, 3.63) is 29.8 Å². The van der Waals surface area contributed by atoms with Crippen molar-refractivity contribution in [2.75, 3.05) is 39.8 Å². The second-order valence-corrected chi connectivity index (χ2v) is 7.66. The lowest BCUT2D eigenvalue weighted by Crippen LogP contribution is -2.61. The lowest BCUT2D eigenvalue weighted by atomic mass is 9.84. The Balaban J connectivity index is 1.62. The van der Waals surface area contributed by atoms with Crippen LogP contribution < -0.4 is 5.32 Å². The standard InChI is InChI=1S/C20H31N3O2/c1-22-13-9-20(10-14-22,23-11-5-2-6-12-23)16-21-19(25)15-17-7-3-4-8-18(17)24/h3-4,7-8,24H,2,5-6,9-16H2,1H3,(H,21,25). The number of likely N-dealkylation sites (tertiary alicyclic amines) is 2. The Morgan fingerprint density at radius 3 is 2.48 bits per heavy atom. The molecule has 5 heteroatoms. The molecule has 0 aromatic heterocycles. The average molecular weight is 345 g/mol. The molecule has 2 saturated heterocycles. The van der Waals surface area contributed by atoms with Gasteiger partial charge in [-0.2, -0.15) is 0 Å². The average Bonchev–Trinajstić information content (AvgIpc) is 2.64. The number of nitrogens with one attached hydrogen (secondary N) is 1. The fraction of sp³-hybridized carbons (Fsp3) is 0.650. The number of aromatic hydroxyl groups is 1. The van der Waals surface area contributed by atoms with E-state index in [4.69, 9.17) is 0 Å². The minimum Gasteiger partial charge on any atom is -0.508 e. The molecule has 1 amide bonds. The quantitative estimate of drug-likeness (QED) is 0.857. The zero-order valence-corrected chi connectivity index (χ0v) is 15.3. The molecule has 0 aliphatic carbocycles. The maximum atomic E-state index is 12.4. The fourth-order valence-corrected chi connectivity index (χ4v) is 4.17. The Labute approximate surface area is 151 Å². The maximum Gasteiger partial charge on any atom is 0.224 e. The molecule has 0 unspecified atom stereocenters. The summed E-state index contributed by atoms with van der Waals surface area (Å²) in [7, 11) is 2.18. The molecule has 2 fully saturated rings. The number of phenols is 1. The van der Waals surface area contributed by atoms with Crippen LogP contribution in [0.1, 0.15) is 37.7 Å². The van der Waals surface area contributed by atoms with E-state index in [0.29, 0.717) is 12.1 Å². The first-order valence-corrected chi connectivity index (χ1v) is 9.56. The van der Waals surface area contributed by atoms with Crippen molar-refractivity contribution in [3.8, 4) is 5.75 Å². The molecule has 2 aliphatic heterocycles. The molecule has 0 atom stereocenters. The number of hydrogen-bond donors (Lipinski definition) is 2. The maximum absolute atomic E-state index is 12.4. The summed E-state index contributed by atoms with van der Waals surface area (Å²) in [6.07, 6.45) is 6.32. The van der Waals surface area contributed by atoms with Crippen LogP contribution in [-0.2, 0) is 11.2 Å². The highest BCUT2D eigenvalue weighted by Crippen LogP contribution is 2.31. The first-order valence-electron chi connectivity index (χ1n) is 9.56. The van der Waals surface area contributed by atoms with Crippen LogP contribution in [0.4, 0.5) is 0 Å². The van der Waals surface area contributed by atoms with Crippen LogP contribution in [0.5, 0.6) is 5.75 Å². The second kappa shape index (κ2) is 8.19. The van der Waals surface area contributed by atoms with Gasteiger partial charge in [0.25, 0.3) is 0 Å². The molecule has 138 valence electrons. The summed E-state index contributed by atoms with van der Waals surface area (Å²) in [5.41, 5.74) is 0.789. The van der Waals surface area contributed by atoms with E-state index in [1.54, 1.807) is 12.1 Å². The smallest absolute Gasteiger partial charge is 0.224 e. The SMILES string of the molecule is CN1CCC(CNC(=O)Cc2ccccc2O)(N2CCCCC2)CC1. The summed E-state index contributed by atoms with van der Waals surface area (Å²) >= 11 is 0. The van der Waals surface area contributed by atoms with Crippen LogP contribution in [0.3, 0.4) is 0 Å². The summed E-state index contributed by atoms with van der Waals surface area (Å²) < 4.78 is 0. The third kappa shape index (κ3) is 4.53. The molecule has 0 spiro atoms. The third-order valence-electron chi connectivity index (χ3n) is 5.90. The van der Waals surface area contributed by atoms with Gasteiger partial charge in [-0.05, 0) is 65.0 Å². The number of nitrogens with zero attached hydrogens (tertiary/aromatic N) is 2. The van der Waals surface area contributed by atoms with Crippen LogP contribution in [0, 0.1) is 0 Å². The Morgan fingerprint density at radius 2 is 1.80 bits per heavy atom. The van der Waals surface area contributed by atoms with Gasteiger partial charge in [0.2, 0.25) is 5.91 Å². The Morgan fingerprint density at radius 1 is 1.12 bits per heavy atom. The highest BCUT2D eigenvalue weighted by Gasteiger charge is 2.39. The van der Waals surface area contributed by atoms with Crippen molar-refractivity contribution < 1.29 is 9.90 Å². The van der Waals surface area contributed by atoms with E-state index in [1.807, 2.05) is 12.1 Å². The van der Waals surface area contributed by atoms with Gasteiger partial charge in [-0.3, -0.25) is 9.69 Å². The second-order valence-electron chi connectivity index (χ2n) is 7.66.